The summed E-state index contributed by atoms with van der Waals surface area (Å²) in [7, 11) is -3.58. The maximum Gasteiger partial charge on any atom is 0.265 e. The second-order valence-electron chi connectivity index (χ2n) is 4.91. The summed E-state index contributed by atoms with van der Waals surface area (Å²) in [5, 5.41) is 6.88. The molecule has 1 aliphatic carbocycles. The molecule has 0 aromatic carbocycles. The molecule has 0 unspecified atom stereocenters. The van der Waals surface area contributed by atoms with Crippen LogP contribution in [0.25, 0.3) is 0 Å². The van der Waals surface area contributed by atoms with Gasteiger partial charge < -0.3 is 9.73 Å². The molecule has 1 aliphatic rings. The minimum absolute atomic E-state index is 0.205. The molecule has 3 rings (SSSR count). The van der Waals surface area contributed by atoms with Crippen LogP contribution in [-0.2, 0) is 16.6 Å². The highest BCUT2D eigenvalue weighted by Crippen LogP contribution is 2.25. The summed E-state index contributed by atoms with van der Waals surface area (Å²) < 4.78 is 32.7. The van der Waals surface area contributed by atoms with Crippen LogP contribution in [-0.4, -0.2) is 14.5 Å². The van der Waals surface area contributed by atoms with Crippen molar-refractivity contribution in [1.29, 1.82) is 0 Å². The number of furan rings is 1. The maximum absolute atomic E-state index is 12.3. The Hall–Kier alpha value is -1.31. The fourth-order valence-corrected chi connectivity index (χ4v) is 3.86. The lowest BCUT2D eigenvalue weighted by Gasteiger charge is -2.03. The minimum Gasteiger partial charge on any atom is -0.464 e. The first-order valence-corrected chi connectivity index (χ1v) is 8.85. The molecule has 0 spiro atoms. The fourth-order valence-electron chi connectivity index (χ4n) is 1.94. The highest BCUT2D eigenvalue weighted by Gasteiger charge is 2.24. The average molecular weight is 312 g/mol. The number of anilines is 1. The molecule has 2 aromatic rings. The van der Waals surface area contributed by atoms with E-state index in [9.17, 15) is 8.42 Å². The molecular formula is C13H16N2O3S2. The van der Waals surface area contributed by atoms with Gasteiger partial charge in [0.2, 0.25) is 0 Å². The summed E-state index contributed by atoms with van der Waals surface area (Å²) in [5.41, 5.74) is 0.577. The molecule has 0 bridgehead atoms. The van der Waals surface area contributed by atoms with Crippen molar-refractivity contribution in [3.8, 4) is 0 Å². The molecule has 108 valence electrons. The summed E-state index contributed by atoms with van der Waals surface area (Å²) in [5.74, 6) is 1.07. The maximum atomic E-state index is 12.3. The van der Waals surface area contributed by atoms with Crippen molar-refractivity contribution in [1.82, 2.24) is 5.32 Å². The molecule has 1 saturated carbocycles. The Morgan fingerprint density at radius 3 is 2.90 bits per heavy atom. The third-order valence-corrected chi connectivity index (χ3v) is 5.30. The normalized spacial score (nSPS) is 15.4. The first kappa shape index (κ1) is 13.7. The van der Waals surface area contributed by atoms with Crippen LogP contribution in [0.4, 0.5) is 5.69 Å². The number of thiophene rings is 1. The molecule has 2 aromatic heterocycles. The molecule has 1 fully saturated rings. The van der Waals surface area contributed by atoms with Gasteiger partial charge in [-0.25, -0.2) is 8.42 Å². The van der Waals surface area contributed by atoms with E-state index >= 15 is 0 Å². The molecule has 5 nitrogen and oxygen atoms in total. The second-order valence-corrected chi connectivity index (χ2v) is 7.34. The first-order chi connectivity index (χ1) is 9.54. The summed E-state index contributed by atoms with van der Waals surface area (Å²) in [6.07, 6.45) is 2.37. The van der Waals surface area contributed by atoms with Crippen molar-refractivity contribution in [2.75, 3.05) is 4.72 Å². The van der Waals surface area contributed by atoms with Crippen molar-refractivity contribution in [2.45, 2.75) is 37.2 Å². The summed E-state index contributed by atoms with van der Waals surface area (Å²) in [6, 6.07) is 3.89. The number of hydrogen-bond acceptors (Lipinski definition) is 5. The van der Waals surface area contributed by atoms with E-state index < -0.39 is 10.0 Å². The van der Waals surface area contributed by atoms with Gasteiger partial charge in [0.1, 0.15) is 16.4 Å². The van der Waals surface area contributed by atoms with Crippen LogP contribution in [0.5, 0.6) is 0 Å². The van der Waals surface area contributed by atoms with Gasteiger partial charge in [-0.2, -0.15) is 11.3 Å². The number of rotatable bonds is 6. The van der Waals surface area contributed by atoms with Gasteiger partial charge in [-0.3, -0.25) is 4.72 Å². The van der Waals surface area contributed by atoms with E-state index in [4.69, 9.17) is 4.42 Å². The smallest absolute Gasteiger partial charge is 0.265 e. The molecule has 7 heteroatoms. The van der Waals surface area contributed by atoms with Crippen molar-refractivity contribution in [2.24, 2.45) is 0 Å². The van der Waals surface area contributed by atoms with Crippen LogP contribution < -0.4 is 10.0 Å². The van der Waals surface area contributed by atoms with Crippen molar-refractivity contribution >= 4 is 27.0 Å². The average Bonchev–Trinajstić information content (AvgIpc) is 2.93. The van der Waals surface area contributed by atoms with Gasteiger partial charge in [0.25, 0.3) is 10.0 Å². The van der Waals surface area contributed by atoms with Gasteiger partial charge in [0, 0.05) is 17.5 Å². The number of nitrogens with one attached hydrogen (secondary N) is 2. The molecule has 20 heavy (non-hydrogen) atoms. The monoisotopic (exact) mass is 312 g/mol. The lowest BCUT2D eigenvalue weighted by Crippen LogP contribution is -2.15. The van der Waals surface area contributed by atoms with E-state index in [1.54, 1.807) is 24.4 Å². The Kier molecular flexibility index (Phi) is 3.57. The fraction of sp³-hybridized carbons (Fsp3) is 0.385. The zero-order valence-electron chi connectivity index (χ0n) is 11.0. The quantitative estimate of drug-likeness (QED) is 0.860. The topological polar surface area (TPSA) is 71.3 Å². The Labute approximate surface area is 122 Å². The van der Waals surface area contributed by atoms with Crippen LogP contribution in [0.2, 0.25) is 0 Å². The SMILES string of the molecule is Cc1oc(CNC2CC2)cc1S(=O)(=O)Nc1ccsc1. The van der Waals surface area contributed by atoms with E-state index in [1.165, 1.54) is 24.2 Å². The minimum atomic E-state index is -3.58. The van der Waals surface area contributed by atoms with Gasteiger partial charge >= 0.3 is 0 Å². The molecule has 2 N–H and O–H groups in total. The lowest BCUT2D eigenvalue weighted by molar-refractivity contribution is 0.456. The molecule has 0 aliphatic heterocycles. The molecule has 2 heterocycles. The van der Waals surface area contributed by atoms with E-state index in [2.05, 4.69) is 10.0 Å². The Morgan fingerprint density at radius 2 is 2.25 bits per heavy atom. The number of aryl methyl sites for hydroxylation is 1. The Morgan fingerprint density at radius 1 is 1.45 bits per heavy atom. The largest absolute Gasteiger partial charge is 0.464 e. The molecule has 0 saturated heterocycles. The highest BCUT2D eigenvalue weighted by molar-refractivity contribution is 7.92. The van der Waals surface area contributed by atoms with Crippen LogP contribution in [0, 0.1) is 6.92 Å². The van der Waals surface area contributed by atoms with Gasteiger partial charge in [0.15, 0.2) is 0 Å². The van der Waals surface area contributed by atoms with Gasteiger partial charge in [-0.15, -0.1) is 0 Å². The second kappa shape index (κ2) is 5.23. The number of hydrogen-bond donors (Lipinski definition) is 2. The Bertz CT molecular complexity index is 685. The summed E-state index contributed by atoms with van der Waals surface area (Å²) in [4.78, 5) is 0.205. The Balaban J connectivity index is 1.77. The predicted octanol–water partition coefficient (Wildman–Crippen LogP) is 2.70. The van der Waals surface area contributed by atoms with Crippen LogP contribution >= 0.6 is 11.3 Å². The number of sulfonamides is 1. The van der Waals surface area contributed by atoms with Crippen molar-refractivity contribution in [3.63, 3.8) is 0 Å². The van der Waals surface area contributed by atoms with Gasteiger partial charge in [-0.1, -0.05) is 0 Å². The molecule has 0 atom stereocenters. The molecule has 0 amide bonds. The molecule has 0 radical (unpaired) electrons. The zero-order chi connectivity index (χ0) is 14.2. The van der Waals surface area contributed by atoms with Gasteiger partial charge in [-0.05, 0) is 31.2 Å². The first-order valence-electron chi connectivity index (χ1n) is 6.42. The van der Waals surface area contributed by atoms with E-state index in [1.807, 2.05) is 5.38 Å². The third-order valence-electron chi connectivity index (χ3n) is 3.13. The van der Waals surface area contributed by atoms with Crippen molar-refractivity contribution in [3.05, 3.63) is 34.4 Å². The third kappa shape index (κ3) is 3.05. The molecular weight excluding hydrogens is 296 g/mol. The highest BCUT2D eigenvalue weighted by atomic mass is 32.2. The van der Waals surface area contributed by atoms with E-state index in [-0.39, 0.29) is 4.90 Å². The lowest BCUT2D eigenvalue weighted by atomic mass is 10.4. The zero-order valence-corrected chi connectivity index (χ0v) is 12.7. The predicted molar refractivity (Wildman–Crippen MR) is 78.4 cm³/mol. The van der Waals surface area contributed by atoms with Crippen LogP contribution in [0.1, 0.15) is 24.4 Å². The van der Waals surface area contributed by atoms with Crippen LogP contribution in [0.15, 0.2) is 32.2 Å². The summed E-state index contributed by atoms with van der Waals surface area (Å²) in [6.45, 7) is 2.24. The summed E-state index contributed by atoms with van der Waals surface area (Å²) >= 11 is 1.44. The standard InChI is InChI=1S/C13H16N2O3S2/c1-9-13(6-12(18-9)7-14-10-2-3-10)20(16,17)15-11-4-5-19-8-11/h4-6,8,10,14-15H,2-3,7H2,1H3. The van der Waals surface area contributed by atoms with E-state index in [0.717, 1.165) is 0 Å². The van der Waals surface area contributed by atoms with E-state index in [0.29, 0.717) is 29.8 Å². The van der Waals surface area contributed by atoms with Gasteiger partial charge in [0.05, 0.1) is 12.2 Å². The van der Waals surface area contributed by atoms with Crippen molar-refractivity contribution < 1.29 is 12.8 Å². The van der Waals surface area contributed by atoms with Crippen LogP contribution in [0.3, 0.4) is 0 Å².